The molecule has 1 N–H and O–H groups in total. The van der Waals surface area contributed by atoms with Gasteiger partial charge in [-0.2, -0.15) is 0 Å². The number of ether oxygens (including phenoxy) is 1. The second kappa shape index (κ2) is 4.88. The van der Waals surface area contributed by atoms with Crippen molar-refractivity contribution in [1.29, 1.82) is 0 Å². The molecule has 19 heavy (non-hydrogen) atoms. The second-order valence-electron chi connectivity index (χ2n) is 4.87. The third-order valence-corrected chi connectivity index (χ3v) is 3.19. The number of nitrogens with one attached hydrogen (secondary N) is 1. The molecule has 0 aliphatic carbocycles. The molecule has 3 rings (SSSR count). The summed E-state index contributed by atoms with van der Waals surface area (Å²) in [5.41, 5.74) is 2.26. The van der Waals surface area contributed by atoms with Gasteiger partial charge in [0.05, 0.1) is 6.54 Å². The van der Waals surface area contributed by atoms with Gasteiger partial charge in [0.1, 0.15) is 23.5 Å². The zero-order chi connectivity index (χ0) is 13.2. The van der Waals surface area contributed by atoms with Crippen molar-refractivity contribution in [2.24, 2.45) is 0 Å². The summed E-state index contributed by atoms with van der Waals surface area (Å²) in [6, 6.07) is 10.2. The van der Waals surface area contributed by atoms with Crippen LogP contribution in [0.1, 0.15) is 17.1 Å². The van der Waals surface area contributed by atoms with Gasteiger partial charge in [-0.25, -0.2) is 9.97 Å². The largest absolute Gasteiger partial charge is 0.488 e. The first-order valence-electron chi connectivity index (χ1n) is 6.51. The van der Waals surface area contributed by atoms with Gasteiger partial charge in [0, 0.05) is 18.2 Å². The van der Waals surface area contributed by atoms with E-state index < -0.39 is 0 Å². The zero-order valence-electron chi connectivity index (χ0n) is 11.2. The third-order valence-electron chi connectivity index (χ3n) is 3.19. The Hall–Kier alpha value is -2.10. The first kappa shape index (κ1) is 12.0. The lowest BCUT2D eigenvalue weighted by Crippen LogP contribution is -2.24. The van der Waals surface area contributed by atoms with Gasteiger partial charge in [-0.3, -0.25) is 0 Å². The summed E-state index contributed by atoms with van der Waals surface area (Å²) in [5, 5.41) is 3.33. The summed E-state index contributed by atoms with van der Waals surface area (Å²) in [6.45, 7) is 4.63. The van der Waals surface area contributed by atoms with E-state index in [-0.39, 0.29) is 6.10 Å². The van der Waals surface area contributed by atoms with Crippen molar-refractivity contribution in [2.75, 3.05) is 11.9 Å². The Morgan fingerprint density at radius 1 is 1.26 bits per heavy atom. The SMILES string of the molecule is Cc1cc(NC[C@H]2Cc3ccccc3O2)nc(C)n1. The Kier molecular flexibility index (Phi) is 3.07. The minimum absolute atomic E-state index is 0.174. The Morgan fingerprint density at radius 3 is 2.89 bits per heavy atom. The number of anilines is 1. The summed E-state index contributed by atoms with van der Waals surface area (Å²) in [4.78, 5) is 8.63. The van der Waals surface area contributed by atoms with E-state index >= 15 is 0 Å². The minimum Gasteiger partial charge on any atom is -0.488 e. The minimum atomic E-state index is 0.174. The van der Waals surface area contributed by atoms with Crippen molar-refractivity contribution >= 4 is 5.82 Å². The molecule has 4 nitrogen and oxygen atoms in total. The van der Waals surface area contributed by atoms with E-state index in [0.717, 1.165) is 36.1 Å². The van der Waals surface area contributed by atoms with E-state index in [1.807, 2.05) is 32.0 Å². The van der Waals surface area contributed by atoms with Crippen LogP contribution >= 0.6 is 0 Å². The van der Waals surface area contributed by atoms with Crippen molar-refractivity contribution in [3.05, 3.63) is 47.4 Å². The molecule has 1 aliphatic heterocycles. The van der Waals surface area contributed by atoms with Crippen molar-refractivity contribution < 1.29 is 4.74 Å². The highest BCUT2D eigenvalue weighted by atomic mass is 16.5. The van der Waals surface area contributed by atoms with Crippen molar-refractivity contribution in [3.8, 4) is 5.75 Å². The van der Waals surface area contributed by atoms with Gasteiger partial charge in [-0.05, 0) is 25.5 Å². The highest BCUT2D eigenvalue weighted by molar-refractivity contribution is 5.39. The van der Waals surface area contributed by atoms with Crippen LogP contribution in [-0.2, 0) is 6.42 Å². The Morgan fingerprint density at radius 2 is 2.11 bits per heavy atom. The molecule has 1 aromatic heterocycles. The fourth-order valence-corrected chi connectivity index (χ4v) is 2.39. The lowest BCUT2D eigenvalue weighted by atomic mass is 10.1. The number of aryl methyl sites for hydroxylation is 2. The molecule has 4 heteroatoms. The maximum absolute atomic E-state index is 5.88. The maximum Gasteiger partial charge on any atom is 0.130 e. The van der Waals surface area contributed by atoms with Crippen LogP contribution < -0.4 is 10.1 Å². The fraction of sp³-hybridized carbons (Fsp3) is 0.333. The number of aromatic nitrogens is 2. The summed E-state index contributed by atoms with van der Waals surface area (Å²) >= 11 is 0. The molecule has 0 spiro atoms. The Bertz CT molecular complexity index is 552. The van der Waals surface area contributed by atoms with Crippen LogP contribution in [0.3, 0.4) is 0 Å². The van der Waals surface area contributed by atoms with Crippen molar-refractivity contribution in [3.63, 3.8) is 0 Å². The van der Waals surface area contributed by atoms with Gasteiger partial charge in [0.25, 0.3) is 0 Å². The molecule has 1 aromatic carbocycles. The maximum atomic E-state index is 5.88. The van der Waals surface area contributed by atoms with Crippen molar-refractivity contribution in [1.82, 2.24) is 9.97 Å². The number of hydrogen-bond donors (Lipinski definition) is 1. The molecule has 0 radical (unpaired) electrons. The monoisotopic (exact) mass is 255 g/mol. The van der Waals surface area contributed by atoms with Gasteiger partial charge in [0.15, 0.2) is 0 Å². The predicted octanol–water partition coefficient (Wildman–Crippen LogP) is 2.51. The summed E-state index contributed by atoms with van der Waals surface area (Å²) in [5.74, 6) is 2.66. The van der Waals surface area contributed by atoms with Crippen molar-refractivity contribution in [2.45, 2.75) is 26.4 Å². The van der Waals surface area contributed by atoms with Gasteiger partial charge in [-0.1, -0.05) is 18.2 Å². The van der Waals surface area contributed by atoms with Crippen LogP contribution in [-0.4, -0.2) is 22.6 Å². The van der Waals surface area contributed by atoms with Crippen LogP contribution in [0.2, 0.25) is 0 Å². The van der Waals surface area contributed by atoms with Gasteiger partial charge < -0.3 is 10.1 Å². The second-order valence-corrected chi connectivity index (χ2v) is 4.87. The topological polar surface area (TPSA) is 47.0 Å². The Labute approximate surface area is 112 Å². The fourth-order valence-electron chi connectivity index (χ4n) is 2.39. The molecule has 98 valence electrons. The molecule has 1 atom stereocenters. The third kappa shape index (κ3) is 2.67. The number of hydrogen-bond acceptors (Lipinski definition) is 4. The summed E-state index contributed by atoms with van der Waals surface area (Å²) in [7, 11) is 0. The molecule has 0 unspecified atom stereocenters. The molecule has 2 heterocycles. The molecule has 1 aliphatic rings. The number of para-hydroxylation sites is 1. The first-order valence-corrected chi connectivity index (χ1v) is 6.51. The van der Waals surface area contributed by atoms with Crippen LogP contribution in [0, 0.1) is 13.8 Å². The van der Waals surface area contributed by atoms with Crippen LogP contribution in [0.15, 0.2) is 30.3 Å². The first-order chi connectivity index (χ1) is 9.20. The van der Waals surface area contributed by atoms with Gasteiger partial charge >= 0.3 is 0 Å². The lowest BCUT2D eigenvalue weighted by Gasteiger charge is -2.12. The predicted molar refractivity (Wildman–Crippen MR) is 74.6 cm³/mol. The smallest absolute Gasteiger partial charge is 0.130 e. The van der Waals surface area contributed by atoms with Gasteiger partial charge in [0.2, 0.25) is 0 Å². The Balaban J connectivity index is 1.62. The molecule has 0 saturated heterocycles. The van der Waals surface area contributed by atoms with Crippen LogP contribution in [0.5, 0.6) is 5.75 Å². The van der Waals surface area contributed by atoms with Crippen LogP contribution in [0.25, 0.3) is 0 Å². The lowest BCUT2D eigenvalue weighted by molar-refractivity contribution is 0.246. The van der Waals surface area contributed by atoms with E-state index in [2.05, 4.69) is 27.4 Å². The number of benzene rings is 1. The van der Waals surface area contributed by atoms with E-state index in [1.54, 1.807) is 0 Å². The summed E-state index contributed by atoms with van der Waals surface area (Å²) in [6.07, 6.45) is 1.12. The molecule has 0 bridgehead atoms. The molecular weight excluding hydrogens is 238 g/mol. The van der Waals surface area contributed by atoms with E-state index in [9.17, 15) is 0 Å². The number of fused-ring (bicyclic) bond motifs is 1. The van der Waals surface area contributed by atoms with E-state index in [0.29, 0.717) is 0 Å². The number of nitrogens with zero attached hydrogens (tertiary/aromatic N) is 2. The standard InChI is InChI=1S/C15H17N3O/c1-10-7-15(18-11(2)17-10)16-9-13-8-12-5-3-4-6-14(12)19-13/h3-7,13H,8-9H2,1-2H3,(H,16,17,18)/t13-/m1/s1. The molecule has 0 fully saturated rings. The zero-order valence-corrected chi connectivity index (χ0v) is 11.2. The van der Waals surface area contributed by atoms with Gasteiger partial charge in [-0.15, -0.1) is 0 Å². The van der Waals surface area contributed by atoms with E-state index in [1.165, 1.54) is 5.56 Å². The quantitative estimate of drug-likeness (QED) is 0.915. The highest BCUT2D eigenvalue weighted by Crippen LogP contribution is 2.28. The average molecular weight is 255 g/mol. The molecule has 2 aromatic rings. The highest BCUT2D eigenvalue weighted by Gasteiger charge is 2.21. The summed E-state index contributed by atoms with van der Waals surface area (Å²) < 4.78 is 5.88. The number of rotatable bonds is 3. The normalized spacial score (nSPS) is 16.8. The van der Waals surface area contributed by atoms with E-state index in [4.69, 9.17) is 4.74 Å². The molecule has 0 saturated carbocycles. The average Bonchev–Trinajstić information content (AvgIpc) is 2.78. The molecule has 0 amide bonds. The molecular formula is C15H17N3O. The van der Waals surface area contributed by atoms with Crippen LogP contribution in [0.4, 0.5) is 5.82 Å².